The molecule has 0 atom stereocenters. The zero-order valence-corrected chi connectivity index (χ0v) is 13.2. The van der Waals surface area contributed by atoms with Crippen molar-refractivity contribution in [2.45, 2.75) is 4.43 Å². The van der Waals surface area contributed by atoms with Crippen molar-refractivity contribution in [2.75, 3.05) is 0 Å². The van der Waals surface area contributed by atoms with Gasteiger partial charge in [-0.3, -0.25) is 0 Å². The number of benzene rings is 1. The normalized spacial score (nSPS) is 10.9. The van der Waals surface area contributed by atoms with Gasteiger partial charge >= 0.3 is 0 Å². The average molecular weight is 418 g/mol. The monoisotopic (exact) mass is 417 g/mol. The van der Waals surface area contributed by atoms with Gasteiger partial charge in [0.15, 0.2) is 5.88 Å². The van der Waals surface area contributed by atoms with Crippen molar-refractivity contribution in [1.82, 2.24) is 4.57 Å². The molecular weight excluding hydrogens is 411 g/mol. The van der Waals surface area contributed by atoms with Gasteiger partial charge in [-0.2, -0.15) is 0 Å². The lowest BCUT2D eigenvalue weighted by atomic mass is 10.3. The molecule has 2 rings (SSSR count). The number of aromatic hydroxyl groups is 2. The minimum Gasteiger partial charge on any atom is -0.494 e. The van der Waals surface area contributed by atoms with Crippen LogP contribution < -0.4 is 0 Å². The second-order valence-corrected chi connectivity index (χ2v) is 5.52. The van der Waals surface area contributed by atoms with Crippen LogP contribution >= 0.6 is 57.4 Å². The van der Waals surface area contributed by atoms with Crippen LogP contribution in [0.25, 0.3) is 5.69 Å². The summed E-state index contributed by atoms with van der Waals surface area (Å²) in [6.07, 6.45) is 0. The molecule has 0 unspecified atom stereocenters. The van der Waals surface area contributed by atoms with E-state index in [4.69, 9.17) is 34.8 Å². The summed E-state index contributed by atoms with van der Waals surface area (Å²) < 4.78 is 1.78. The molecule has 7 heteroatoms. The molecule has 0 aliphatic heterocycles. The average Bonchev–Trinajstić information content (AvgIpc) is 2.59. The van der Waals surface area contributed by atoms with E-state index >= 15 is 0 Å². The van der Waals surface area contributed by atoms with Crippen LogP contribution in [-0.4, -0.2) is 14.8 Å². The zero-order chi connectivity index (χ0) is 13.4. The van der Waals surface area contributed by atoms with Crippen LogP contribution in [0.1, 0.15) is 5.56 Å². The summed E-state index contributed by atoms with van der Waals surface area (Å²) in [5, 5.41) is 20.7. The van der Waals surface area contributed by atoms with Gasteiger partial charge in [0.25, 0.3) is 0 Å². The molecule has 2 N–H and O–H groups in total. The Morgan fingerprint density at radius 3 is 2.17 bits per heavy atom. The van der Waals surface area contributed by atoms with E-state index in [0.29, 0.717) is 25.7 Å². The van der Waals surface area contributed by atoms with Gasteiger partial charge in [-0.15, -0.1) is 0 Å². The Kier molecular flexibility index (Phi) is 4.21. The standard InChI is InChI=1S/C11H7Cl3INO2/c12-6-2-8(14)9(3-7(6)13)16-10(17)1-5(4-15)11(16)18/h1-3,17-18H,4H2. The first-order chi connectivity index (χ1) is 8.45. The number of hydrogen-bond acceptors (Lipinski definition) is 2. The zero-order valence-electron chi connectivity index (χ0n) is 8.79. The quantitative estimate of drug-likeness (QED) is 0.419. The molecular formula is C11H7Cl3INO2. The summed E-state index contributed by atoms with van der Waals surface area (Å²) in [4.78, 5) is 0. The first kappa shape index (κ1) is 14.1. The highest BCUT2D eigenvalue weighted by molar-refractivity contribution is 14.1. The summed E-state index contributed by atoms with van der Waals surface area (Å²) in [5.41, 5.74) is 0.979. The number of rotatable bonds is 2. The lowest BCUT2D eigenvalue weighted by Gasteiger charge is -2.10. The van der Waals surface area contributed by atoms with Gasteiger partial charge in [0.1, 0.15) is 0 Å². The molecule has 0 aliphatic rings. The Balaban J connectivity index is 2.69. The van der Waals surface area contributed by atoms with E-state index in [1.807, 2.05) is 0 Å². The van der Waals surface area contributed by atoms with Crippen LogP contribution in [0.15, 0.2) is 18.2 Å². The minimum atomic E-state index is -0.112. The van der Waals surface area contributed by atoms with Crippen molar-refractivity contribution in [2.24, 2.45) is 0 Å². The van der Waals surface area contributed by atoms with Crippen molar-refractivity contribution in [3.8, 4) is 17.4 Å². The minimum absolute atomic E-state index is 0.0674. The Hall–Kier alpha value is -0.300. The third kappa shape index (κ3) is 2.39. The first-order valence-corrected chi connectivity index (χ1v) is 7.45. The second kappa shape index (κ2) is 5.36. The molecule has 0 saturated carbocycles. The van der Waals surface area contributed by atoms with E-state index in [2.05, 4.69) is 22.6 Å². The molecule has 0 aliphatic carbocycles. The van der Waals surface area contributed by atoms with E-state index in [-0.39, 0.29) is 16.8 Å². The number of halogens is 4. The summed E-state index contributed by atoms with van der Waals surface area (Å²) >= 11 is 19.9. The van der Waals surface area contributed by atoms with Crippen LogP contribution in [0.4, 0.5) is 0 Å². The maximum absolute atomic E-state index is 10.0. The molecule has 0 fully saturated rings. The molecule has 0 radical (unpaired) electrons. The van der Waals surface area contributed by atoms with Crippen LogP contribution in [0.5, 0.6) is 11.8 Å². The SMILES string of the molecule is Oc1cc(CI)c(O)n1-c1cc(Cl)c(Cl)cc1Cl. The Morgan fingerprint density at radius 1 is 1.00 bits per heavy atom. The van der Waals surface area contributed by atoms with Gasteiger partial charge in [0.2, 0.25) is 5.88 Å². The fourth-order valence-corrected chi connectivity index (χ4v) is 2.74. The van der Waals surface area contributed by atoms with E-state index < -0.39 is 0 Å². The first-order valence-electron chi connectivity index (χ1n) is 4.79. The molecule has 96 valence electrons. The lowest BCUT2D eigenvalue weighted by Crippen LogP contribution is -1.94. The van der Waals surface area contributed by atoms with E-state index in [9.17, 15) is 10.2 Å². The Morgan fingerprint density at radius 2 is 1.61 bits per heavy atom. The molecule has 1 aromatic carbocycles. The molecule has 2 aromatic rings. The van der Waals surface area contributed by atoms with Crippen LogP contribution in [0.2, 0.25) is 15.1 Å². The Labute approximate surface area is 132 Å². The van der Waals surface area contributed by atoms with Gasteiger partial charge in [-0.25, -0.2) is 4.57 Å². The van der Waals surface area contributed by atoms with Gasteiger partial charge in [-0.1, -0.05) is 57.4 Å². The van der Waals surface area contributed by atoms with Crippen LogP contribution in [0, 0.1) is 0 Å². The largest absolute Gasteiger partial charge is 0.494 e. The maximum atomic E-state index is 10.0. The van der Waals surface area contributed by atoms with Gasteiger partial charge in [0, 0.05) is 16.1 Å². The smallest absolute Gasteiger partial charge is 0.202 e. The van der Waals surface area contributed by atoms with Gasteiger partial charge in [0.05, 0.1) is 20.8 Å². The predicted molar refractivity (Wildman–Crippen MR) is 81.9 cm³/mol. The number of nitrogens with zero attached hydrogens (tertiary/aromatic N) is 1. The Bertz CT molecular complexity index is 613. The van der Waals surface area contributed by atoms with Crippen molar-refractivity contribution in [3.63, 3.8) is 0 Å². The second-order valence-electron chi connectivity index (χ2n) is 3.54. The molecule has 1 aromatic heterocycles. The fraction of sp³-hybridized carbons (Fsp3) is 0.0909. The molecule has 18 heavy (non-hydrogen) atoms. The van der Waals surface area contributed by atoms with Crippen molar-refractivity contribution in [3.05, 3.63) is 38.8 Å². The van der Waals surface area contributed by atoms with Gasteiger partial charge in [-0.05, 0) is 12.1 Å². The molecule has 0 bridgehead atoms. The molecule has 0 amide bonds. The number of alkyl halides is 1. The summed E-state index contributed by atoms with van der Waals surface area (Å²) in [5.74, 6) is -0.179. The topological polar surface area (TPSA) is 45.4 Å². The highest BCUT2D eigenvalue weighted by atomic mass is 127. The molecule has 0 spiro atoms. The highest BCUT2D eigenvalue weighted by Crippen LogP contribution is 2.38. The van der Waals surface area contributed by atoms with Crippen molar-refractivity contribution >= 4 is 57.4 Å². The van der Waals surface area contributed by atoms with Crippen LogP contribution in [-0.2, 0) is 4.43 Å². The highest BCUT2D eigenvalue weighted by Gasteiger charge is 2.17. The van der Waals surface area contributed by atoms with Crippen molar-refractivity contribution in [1.29, 1.82) is 0 Å². The maximum Gasteiger partial charge on any atom is 0.202 e. The summed E-state index contributed by atoms with van der Waals surface area (Å²) in [7, 11) is 0. The third-order valence-corrected chi connectivity index (χ3v) is 4.25. The number of hydrogen-bond donors (Lipinski definition) is 2. The van der Waals surface area contributed by atoms with Crippen molar-refractivity contribution < 1.29 is 10.2 Å². The lowest BCUT2D eigenvalue weighted by molar-refractivity contribution is 0.401. The summed E-state index contributed by atoms with van der Waals surface area (Å²) in [6.45, 7) is 0. The molecule has 3 nitrogen and oxygen atoms in total. The van der Waals surface area contributed by atoms with Gasteiger partial charge < -0.3 is 10.2 Å². The van der Waals surface area contributed by atoms with E-state index in [0.717, 1.165) is 0 Å². The molecule has 1 heterocycles. The fourth-order valence-electron chi connectivity index (χ4n) is 1.56. The van der Waals surface area contributed by atoms with E-state index in [1.165, 1.54) is 22.8 Å². The van der Waals surface area contributed by atoms with E-state index in [1.54, 1.807) is 0 Å². The summed E-state index contributed by atoms with van der Waals surface area (Å²) in [6, 6.07) is 4.42. The molecule has 0 saturated heterocycles. The third-order valence-electron chi connectivity index (χ3n) is 2.41. The van der Waals surface area contributed by atoms with Crippen LogP contribution in [0.3, 0.4) is 0 Å². The number of aromatic nitrogens is 1. The predicted octanol–water partition coefficient (Wildman–Crippen LogP) is 4.78.